The molecule has 0 unspecified atom stereocenters. The van der Waals surface area contributed by atoms with Gasteiger partial charge in [0.1, 0.15) is 11.9 Å². The predicted molar refractivity (Wildman–Crippen MR) is 166 cm³/mol. The van der Waals surface area contributed by atoms with Crippen LogP contribution in [0.25, 0.3) is 22.3 Å². The topological polar surface area (TPSA) is 89.0 Å². The van der Waals surface area contributed by atoms with E-state index in [-0.39, 0.29) is 46.5 Å². The Morgan fingerprint density at radius 2 is 1.60 bits per heavy atom. The van der Waals surface area contributed by atoms with Gasteiger partial charge in [-0.05, 0) is 115 Å². The van der Waals surface area contributed by atoms with Crippen molar-refractivity contribution in [3.05, 3.63) is 106 Å². The van der Waals surface area contributed by atoms with Crippen molar-refractivity contribution < 1.29 is 54.9 Å². The Labute approximate surface area is 281 Å². The zero-order chi connectivity index (χ0) is 36.3. The van der Waals surface area contributed by atoms with Crippen molar-refractivity contribution in [3.63, 3.8) is 0 Å². The number of rotatable bonds is 6. The molecule has 14 heteroatoms. The fraction of sp³-hybridized carbons (Fsp3) is 0.306. The van der Waals surface area contributed by atoms with Crippen LogP contribution in [0.3, 0.4) is 0 Å². The number of pyridine rings is 1. The number of carboxylic acid groups (broad SMARTS) is 1. The van der Waals surface area contributed by atoms with E-state index in [4.69, 9.17) is 9.47 Å². The molecule has 3 atom stereocenters. The van der Waals surface area contributed by atoms with Crippen molar-refractivity contribution in [2.45, 2.75) is 63.7 Å². The first-order chi connectivity index (χ1) is 23.5. The van der Waals surface area contributed by atoms with Gasteiger partial charge in [0.15, 0.2) is 0 Å². The number of hydrogen-bond donors (Lipinski definition) is 1. The van der Waals surface area contributed by atoms with Crippen LogP contribution in [-0.4, -0.2) is 40.2 Å². The van der Waals surface area contributed by atoms with Crippen molar-refractivity contribution in [3.8, 4) is 28.1 Å². The first-order valence-corrected chi connectivity index (χ1v) is 15.4. The standard InChI is InChI=1S/C36H29F7N2O5/c1-17-9-20(33(46)47)10-18(2)30(17)21-13-27(32(49-3)44-16-21)25-8-7-22(35(38,39)40)15-26(25)28-5-4-6-29-31(50-34(48)45(28)29)19-11-23(36(41,42)43)14-24(37)12-19/h7-16,28-29,31H,4-6H2,1-3H3,(H,46,47)/t28-,29-,31+/m0/s1. The van der Waals surface area contributed by atoms with E-state index < -0.39 is 59.5 Å². The molecule has 3 aromatic carbocycles. The van der Waals surface area contributed by atoms with Crippen molar-refractivity contribution in [1.82, 2.24) is 9.88 Å². The van der Waals surface area contributed by atoms with E-state index in [2.05, 4.69) is 4.98 Å². The molecule has 2 saturated heterocycles. The van der Waals surface area contributed by atoms with Gasteiger partial charge >= 0.3 is 24.4 Å². The molecular formula is C36H29F7N2O5. The highest BCUT2D eigenvalue weighted by molar-refractivity contribution is 5.90. The van der Waals surface area contributed by atoms with Crippen molar-refractivity contribution in [1.29, 1.82) is 0 Å². The number of halogens is 7. The third kappa shape index (κ3) is 6.34. The number of fused-ring (bicyclic) bond motifs is 1. The Morgan fingerprint density at radius 3 is 2.22 bits per heavy atom. The Hall–Kier alpha value is -5.14. The number of cyclic esters (lactones) is 1. The molecule has 1 aromatic heterocycles. The number of aromatic carboxylic acids is 1. The number of hydrogen-bond acceptors (Lipinski definition) is 5. The van der Waals surface area contributed by atoms with Crippen LogP contribution in [-0.2, 0) is 17.1 Å². The Morgan fingerprint density at radius 1 is 0.920 bits per heavy atom. The molecule has 0 aliphatic carbocycles. The highest BCUT2D eigenvalue weighted by Crippen LogP contribution is 2.50. The molecule has 4 aromatic rings. The number of nitrogens with zero attached hydrogens (tertiary/aromatic N) is 2. The maximum atomic E-state index is 14.4. The number of carbonyl (C=O) groups excluding carboxylic acids is 1. The van der Waals surface area contributed by atoms with Gasteiger partial charge in [-0.1, -0.05) is 6.07 Å². The summed E-state index contributed by atoms with van der Waals surface area (Å²) in [5.41, 5.74) is 0.578. The normalized spacial score (nSPS) is 19.3. The van der Waals surface area contributed by atoms with E-state index in [1.807, 2.05) is 0 Å². The molecule has 1 amide bonds. The Bertz CT molecular complexity index is 1990. The van der Waals surface area contributed by atoms with Gasteiger partial charge in [0.25, 0.3) is 0 Å². The molecule has 1 N–H and O–H groups in total. The molecule has 2 aliphatic heterocycles. The zero-order valence-electron chi connectivity index (χ0n) is 26.7. The highest BCUT2D eigenvalue weighted by Gasteiger charge is 2.49. The second kappa shape index (κ2) is 12.6. The Balaban J connectivity index is 1.49. The molecule has 2 fully saturated rings. The van der Waals surface area contributed by atoms with Crippen LogP contribution >= 0.6 is 0 Å². The number of amides is 1. The third-order valence-electron chi connectivity index (χ3n) is 9.18. The molecule has 0 saturated carbocycles. The summed E-state index contributed by atoms with van der Waals surface area (Å²) in [6.45, 7) is 3.44. The molecule has 0 bridgehead atoms. The van der Waals surface area contributed by atoms with Crippen LogP contribution in [0, 0.1) is 19.7 Å². The molecule has 262 valence electrons. The summed E-state index contributed by atoms with van der Waals surface area (Å²) in [5, 5.41) is 9.50. The fourth-order valence-corrected chi connectivity index (χ4v) is 7.12. The molecule has 2 aliphatic rings. The average molecular weight is 703 g/mol. The van der Waals surface area contributed by atoms with Crippen LogP contribution in [0.1, 0.15) is 75.1 Å². The molecular weight excluding hydrogens is 673 g/mol. The largest absolute Gasteiger partial charge is 0.481 e. The van der Waals surface area contributed by atoms with Crippen molar-refractivity contribution >= 4 is 12.1 Å². The zero-order valence-corrected chi connectivity index (χ0v) is 26.7. The Kier molecular flexibility index (Phi) is 8.77. The van der Waals surface area contributed by atoms with E-state index in [0.29, 0.717) is 40.8 Å². The maximum absolute atomic E-state index is 14.4. The van der Waals surface area contributed by atoms with Crippen LogP contribution in [0.4, 0.5) is 35.5 Å². The lowest BCUT2D eigenvalue weighted by molar-refractivity contribution is -0.138. The summed E-state index contributed by atoms with van der Waals surface area (Å²) < 4.78 is 109. The van der Waals surface area contributed by atoms with E-state index in [0.717, 1.165) is 18.2 Å². The molecule has 3 heterocycles. The summed E-state index contributed by atoms with van der Waals surface area (Å²) in [5.74, 6) is -2.24. The molecule has 0 radical (unpaired) electrons. The van der Waals surface area contributed by atoms with Crippen molar-refractivity contribution in [2.75, 3.05) is 7.11 Å². The van der Waals surface area contributed by atoms with E-state index in [1.54, 1.807) is 19.9 Å². The quantitative estimate of drug-likeness (QED) is 0.201. The SMILES string of the molecule is COc1ncc(-c2c(C)cc(C(=O)O)cc2C)cc1-c1ccc(C(F)(F)F)cc1[C@@H]1CCC[C@H]2[C@@H](c3cc(F)cc(C(F)(F)F)c3)OC(=O)N12. The third-order valence-corrected chi connectivity index (χ3v) is 9.18. The minimum atomic E-state index is -4.88. The van der Waals surface area contributed by atoms with Gasteiger partial charge in [-0.15, -0.1) is 0 Å². The average Bonchev–Trinajstić information content (AvgIpc) is 3.39. The number of carbonyl (C=O) groups is 2. The van der Waals surface area contributed by atoms with E-state index in [1.165, 1.54) is 36.4 Å². The number of benzene rings is 3. The summed E-state index contributed by atoms with van der Waals surface area (Å²) >= 11 is 0. The molecule has 0 spiro atoms. The number of methoxy groups -OCH3 is 1. The highest BCUT2D eigenvalue weighted by atomic mass is 19.4. The van der Waals surface area contributed by atoms with Gasteiger partial charge in [-0.2, -0.15) is 26.3 Å². The minimum absolute atomic E-state index is 0.0564. The number of carboxylic acids is 1. The van der Waals surface area contributed by atoms with Gasteiger partial charge in [-0.3, -0.25) is 4.90 Å². The maximum Gasteiger partial charge on any atom is 0.416 e. The van der Waals surface area contributed by atoms with Gasteiger partial charge in [0.05, 0.1) is 35.9 Å². The summed E-state index contributed by atoms with van der Waals surface area (Å²) in [6.07, 6.45) is -9.63. The van der Waals surface area contributed by atoms with Crippen LogP contribution in [0.15, 0.2) is 60.8 Å². The number of piperidine rings is 1. The first-order valence-electron chi connectivity index (χ1n) is 15.4. The lowest BCUT2D eigenvalue weighted by Crippen LogP contribution is -2.41. The van der Waals surface area contributed by atoms with Gasteiger partial charge in [-0.25, -0.2) is 19.0 Å². The first kappa shape index (κ1) is 34.7. The smallest absolute Gasteiger partial charge is 0.416 e. The fourth-order valence-electron chi connectivity index (χ4n) is 7.12. The predicted octanol–water partition coefficient (Wildman–Crippen LogP) is 9.70. The number of ether oxygens (including phenoxy) is 2. The van der Waals surface area contributed by atoms with Crippen LogP contribution in [0.2, 0.25) is 0 Å². The summed E-state index contributed by atoms with van der Waals surface area (Å²) in [6, 6.07) is 7.67. The van der Waals surface area contributed by atoms with Gasteiger partial charge < -0.3 is 14.6 Å². The second-order valence-electron chi connectivity index (χ2n) is 12.4. The van der Waals surface area contributed by atoms with Crippen LogP contribution < -0.4 is 4.74 Å². The van der Waals surface area contributed by atoms with Crippen LogP contribution in [0.5, 0.6) is 5.88 Å². The second-order valence-corrected chi connectivity index (χ2v) is 12.4. The van der Waals surface area contributed by atoms with Crippen molar-refractivity contribution in [2.24, 2.45) is 0 Å². The summed E-state index contributed by atoms with van der Waals surface area (Å²) in [4.78, 5) is 30.8. The lowest BCUT2D eigenvalue weighted by atomic mass is 9.84. The molecule has 50 heavy (non-hydrogen) atoms. The van der Waals surface area contributed by atoms with E-state index >= 15 is 0 Å². The molecule has 7 nitrogen and oxygen atoms in total. The number of aryl methyl sites for hydroxylation is 2. The lowest BCUT2D eigenvalue weighted by Gasteiger charge is -2.38. The summed E-state index contributed by atoms with van der Waals surface area (Å²) in [7, 11) is 1.33. The van der Waals surface area contributed by atoms with E-state index in [9.17, 15) is 45.4 Å². The van der Waals surface area contributed by atoms with Gasteiger partial charge in [0, 0.05) is 17.3 Å². The number of alkyl halides is 6. The van der Waals surface area contributed by atoms with Gasteiger partial charge in [0.2, 0.25) is 5.88 Å². The minimum Gasteiger partial charge on any atom is -0.481 e. The monoisotopic (exact) mass is 702 g/mol. The number of aromatic nitrogens is 1. The molecule has 6 rings (SSSR count).